The zero-order valence-corrected chi connectivity index (χ0v) is 12.3. The molecule has 0 aromatic heterocycles. The summed E-state index contributed by atoms with van der Waals surface area (Å²) in [7, 11) is 1.38. The van der Waals surface area contributed by atoms with Crippen LogP contribution in [0.5, 0.6) is 0 Å². The van der Waals surface area contributed by atoms with Gasteiger partial charge in [0.1, 0.15) is 0 Å². The summed E-state index contributed by atoms with van der Waals surface area (Å²) in [5.74, 6) is 0.886. The van der Waals surface area contributed by atoms with Gasteiger partial charge in [-0.15, -0.1) is 0 Å². The van der Waals surface area contributed by atoms with Crippen LogP contribution in [0.1, 0.15) is 58.3 Å². The van der Waals surface area contributed by atoms with Gasteiger partial charge in [-0.1, -0.05) is 19.8 Å². The Morgan fingerprint density at radius 2 is 2.00 bits per heavy atom. The number of hydrogen-bond acceptors (Lipinski definition) is 4. The van der Waals surface area contributed by atoms with Crippen LogP contribution in [0.2, 0.25) is 0 Å². The summed E-state index contributed by atoms with van der Waals surface area (Å²) in [4.78, 5) is 10.9. The molecule has 0 bridgehead atoms. The van der Waals surface area contributed by atoms with Crippen LogP contribution in [-0.4, -0.2) is 31.1 Å². The second-order valence-corrected chi connectivity index (χ2v) is 5.51. The van der Waals surface area contributed by atoms with Crippen molar-refractivity contribution in [2.75, 3.05) is 13.7 Å². The summed E-state index contributed by atoms with van der Waals surface area (Å²) in [6.45, 7) is 2.65. The van der Waals surface area contributed by atoms with Gasteiger partial charge in [0, 0.05) is 12.3 Å². The van der Waals surface area contributed by atoms with E-state index in [1.54, 1.807) is 0 Å². The van der Waals surface area contributed by atoms with E-state index in [0.29, 0.717) is 19.4 Å². The molecule has 19 heavy (non-hydrogen) atoms. The number of hydrogen-bond donors (Lipinski definition) is 1. The van der Waals surface area contributed by atoms with E-state index in [0.717, 1.165) is 18.8 Å². The van der Waals surface area contributed by atoms with E-state index < -0.39 is 6.29 Å². The highest BCUT2D eigenvalue weighted by atomic mass is 16.6. The molecule has 1 atom stereocenters. The highest BCUT2D eigenvalue weighted by Gasteiger charge is 2.26. The molecule has 1 N–H and O–H groups in total. The Hall–Kier alpha value is -0.610. The van der Waals surface area contributed by atoms with Gasteiger partial charge in [0.2, 0.25) is 0 Å². The van der Waals surface area contributed by atoms with Gasteiger partial charge < -0.3 is 14.6 Å². The monoisotopic (exact) mass is 272 g/mol. The maximum Gasteiger partial charge on any atom is 0.305 e. The molecule has 0 aromatic carbocycles. The van der Waals surface area contributed by atoms with Gasteiger partial charge in [0.15, 0.2) is 6.29 Å². The average Bonchev–Trinajstić information content (AvgIpc) is 2.44. The molecule has 1 aliphatic carbocycles. The molecule has 0 saturated heterocycles. The molecule has 1 fully saturated rings. The first-order chi connectivity index (χ1) is 9.17. The van der Waals surface area contributed by atoms with E-state index in [1.807, 2.05) is 0 Å². The largest absolute Gasteiger partial charge is 0.469 e. The number of aliphatic hydroxyl groups is 1. The smallest absolute Gasteiger partial charge is 0.305 e. The van der Waals surface area contributed by atoms with E-state index in [4.69, 9.17) is 4.74 Å². The van der Waals surface area contributed by atoms with E-state index in [-0.39, 0.29) is 11.9 Å². The normalized spacial score (nSPS) is 25.0. The highest BCUT2D eigenvalue weighted by molar-refractivity contribution is 5.68. The second kappa shape index (κ2) is 9.32. The molecule has 4 nitrogen and oxygen atoms in total. The van der Waals surface area contributed by atoms with Crippen LogP contribution in [0, 0.1) is 11.8 Å². The van der Waals surface area contributed by atoms with E-state index in [2.05, 4.69) is 11.7 Å². The minimum atomic E-state index is -0.666. The average molecular weight is 272 g/mol. The lowest BCUT2D eigenvalue weighted by Crippen LogP contribution is -2.28. The van der Waals surface area contributed by atoms with Crippen LogP contribution in [0.15, 0.2) is 0 Å². The van der Waals surface area contributed by atoms with Crippen LogP contribution in [0.3, 0.4) is 0 Å². The first-order valence-corrected chi connectivity index (χ1v) is 7.53. The van der Waals surface area contributed by atoms with Crippen LogP contribution >= 0.6 is 0 Å². The topological polar surface area (TPSA) is 55.8 Å². The summed E-state index contributed by atoms with van der Waals surface area (Å²) in [6, 6.07) is 0. The lowest BCUT2D eigenvalue weighted by Gasteiger charge is -2.31. The van der Waals surface area contributed by atoms with Crippen molar-refractivity contribution in [3.63, 3.8) is 0 Å². The van der Waals surface area contributed by atoms with Crippen molar-refractivity contribution in [3.8, 4) is 0 Å². The van der Waals surface area contributed by atoms with Crippen molar-refractivity contribution in [1.82, 2.24) is 0 Å². The number of methoxy groups -OCH3 is 1. The molecule has 0 radical (unpaired) electrons. The van der Waals surface area contributed by atoms with Gasteiger partial charge >= 0.3 is 5.97 Å². The molecule has 1 unspecified atom stereocenters. The minimum absolute atomic E-state index is 0.224. The van der Waals surface area contributed by atoms with Gasteiger partial charge in [-0.05, 0) is 38.0 Å². The van der Waals surface area contributed by atoms with Gasteiger partial charge in [-0.3, -0.25) is 4.79 Å². The molecule has 4 heteroatoms. The molecule has 1 rings (SSSR count). The fourth-order valence-corrected chi connectivity index (χ4v) is 2.83. The Kier molecular flexibility index (Phi) is 8.07. The molecule has 0 aromatic rings. The number of rotatable bonds is 8. The fourth-order valence-electron chi connectivity index (χ4n) is 2.83. The molecular weight excluding hydrogens is 244 g/mol. The minimum Gasteiger partial charge on any atom is -0.469 e. The lowest BCUT2D eigenvalue weighted by molar-refractivity contribution is -0.149. The Bertz CT molecular complexity index is 247. The molecule has 1 aliphatic rings. The maximum absolute atomic E-state index is 10.9. The van der Waals surface area contributed by atoms with Crippen molar-refractivity contribution in [1.29, 1.82) is 0 Å². The fraction of sp³-hybridized carbons (Fsp3) is 0.933. The molecule has 0 aliphatic heterocycles. The Labute approximate surface area is 116 Å². The predicted octanol–water partition coefficient (Wildman–Crippen LogP) is 2.88. The summed E-state index contributed by atoms with van der Waals surface area (Å²) < 4.78 is 9.97. The maximum atomic E-state index is 10.9. The third-order valence-corrected chi connectivity index (χ3v) is 4.03. The molecule has 1 saturated carbocycles. The first kappa shape index (κ1) is 16.4. The molecular formula is C15H28O4. The van der Waals surface area contributed by atoms with Crippen molar-refractivity contribution in [2.45, 2.75) is 64.6 Å². The van der Waals surface area contributed by atoms with Crippen molar-refractivity contribution >= 4 is 5.97 Å². The third-order valence-electron chi connectivity index (χ3n) is 4.03. The Morgan fingerprint density at radius 1 is 1.32 bits per heavy atom. The number of esters is 1. The number of carbonyl (C=O) groups excluding carboxylic acids is 1. The zero-order valence-electron chi connectivity index (χ0n) is 12.3. The lowest BCUT2D eigenvalue weighted by atomic mass is 9.80. The quantitative estimate of drug-likeness (QED) is 0.419. The van der Waals surface area contributed by atoms with E-state index in [9.17, 15) is 9.90 Å². The van der Waals surface area contributed by atoms with Crippen molar-refractivity contribution < 1.29 is 19.4 Å². The van der Waals surface area contributed by atoms with E-state index in [1.165, 1.54) is 32.8 Å². The summed E-state index contributed by atoms with van der Waals surface area (Å²) in [5, 5.41) is 9.97. The first-order valence-electron chi connectivity index (χ1n) is 7.53. The Balaban J connectivity index is 2.10. The molecule has 0 amide bonds. The summed E-state index contributed by atoms with van der Waals surface area (Å²) in [6.07, 6.45) is 7.39. The summed E-state index contributed by atoms with van der Waals surface area (Å²) >= 11 is 0. The van der Waals surface area contributed by atoms with Crippen molar-refractivity contribution in [2.24, 2.45) is 11.8 Å². The molecule has 112 valence electrons. The number of carbonyl (C=O) groups is 1. The highest BCUT2D eigenvalue weighted by Crippen LogP contribution is 2.33. The third kappa shape index (κ3) is 6.39. The Morgan fingerprint density at radius 3 is 2.58 bits per heavy atom. The SMILES string of the molecule is CCCC1CCC(C(O)OCCCC(=O)OC)CC1. The standard InChI is InChI=1S/C15H28O4/c1-3-5-12-7-9-13(10-8-12)15(17)19-11-4-6-14(16)18-2/h12-13,15,17H,3-11H2,1-2H3. The van der Waals surface area contributed by atoms with Gasteiger partial charge in [0.25, 0.3) is 0 Å². The zero-order chi connectivity index (χ0) is 14.1. The van der Waals surface area contributed by atoms with Crippen LogP contribution in [-0.2, 0) is 14.3 Å². The number of ether oxygens (including phenoxy) is 2. The van der Waals surface area contributed by atoms with Crippen LogP contribution < -0.4 is 0 Å². The molecule has 0 heterocycles. The van der Waals surface area contributed by atoms with Gasteiger partial charge in [-0.25, -0.2) is 0 Å². The van der Waals surface area contributed by atoms with Gasteiger partial charge in [0.05, 0.1) is 13.7 Å². The van der Waals surface area contributed by atoms with Crippen LogP contribution in [0.4, 0.5) is 0 Å². The molecule has 0 spiro atoms. The second-order valence-electron chi connectivity index (χ2n) is 5.51. The summed E-state index contributed by atoms with van der Waals surface area (Å²) in [5.41, 5.74) is 0. The van der Waals surface area contributed by atoms with Crippen molar-refractivity contribution in [3.05, 3.63) is 0 Å². The number of aliphatic hydroxyl groups excluding tert-OH is 1. The van der Waals surface area contributed by atoms with Gasteiger partial charge in [-0.2, -0.15) is 0 Å². The predicted molar refractivity (Wildman–Crippen MR) is 73.6 cm³/mol. The van der Waals surface area contributed by atoms with Crippen LogP contribution in [0.25, 0.3) is 0 Å². The van der Waals surface area contributed by atoms with E-state index >= 15 is 0 Å².